The first-order chi connectivity index (χ1) is 6.61. The van der Waals surface area contributed by atoms with Crippen molar-refractivity contribution in [1.82, 2.24) is 0 Å². The summed E-state index contributed by atoms with van der Waals surface area (Å²) in [6.45, 7) is 11.9. The summed E-state index contributed by atoms with van der Waals surface area (Å²) >= 11 is 0. The third-order valence-corrected chi connectivity index (χ3v) is 2.24. The van der Waals surface area contributed by atoms with E-state index in [0.717, 1.165) is 12.8 Å². The van der Waals surface area contributed by atoms with Crippen LogP contribution in [0.3, 0.4) is 0 Å². The molecule has 0 heteroatoms. The van der Waals surface area contributed by atoms with Gasteiger partial charge in [0.15, 0.2) is 0 Å². The highest BCUT2D eigenvalue weighted by molar-refractivity contribution is 5.49. The van der Waals surface area contributed by atoms with Crippen molar-refractivity contribution >= 4 is 6.08 Å². The fourth-order valence-corrected chi connectivity index (χ4v) is 1.51. The molecule has 0 atom stereocenters. The second kappa shape index (κ2) is 4.80. The van der Waals surface area contributed by atoms with Crippen LogP contribution in [-0.4, -0.2) is 0 Å². The first-order valence-electron chi connectivity index (χ1n) is 4.99. The molecule has 0 saturated heterocycles. The van der Waals surface area contributed by atoms with Gasteiger partial charge in [0.05, 0.1) is 0 Å². The van der Waals surface area contributed by atoms with Crippen LogP contribution in [0.15, 0.2) is 36.9 Å². The molecule has 0 aliphatic heterocycles. The van der Waals surface area contributed by atoms with Crippen molar-refractivity contribution in [2.45, 2.75) is 26.7 Å². The van der Waals surface area contributed by atoms with Crippen molar-refractivity contribution in [1.29, 1.82) is 0 Å². The normalized spacial score (nSPS) is 9.86. The Hall–Kier alpha value is -1.30. The van der Waals surface area contributed by atoms with Crippen LogP contribution >= 0.6 is 0 Å². The summed E-state index contributed by atoms with van der Waals surface area (Å²) in [6.07, 6.45) is 4.05. The van der Waals surface area contributed by atoms with Crippen LogP contribution in [0.4, 0.5) is 0 Å². The highest BCUT2D eigenvalue weighted by atomic mass is 14.0. The third-order valence-electron chi connectivity index (χ3n) is 2.24. The van der Waals surface area contributed by atoms with Crippen LogP contribution in [-0.2, 0) is 6.42 Å². The van der Waals surface area contributed by atoms with E-state index in [-0.39, 0.29) is 0 Å². The molecule has 0 spiro atoms. The zero-order valence-corrected chi connectivity index (χ0v) is 9.14. The van der Waals surface area contributed by atoms with Crippen molar-refractivity contribution in [3.8, 4) is 0 Å². The van der Waals surface area contributed by atoms with Crippen molar-refractivity contribution in [3.63, 3.8) is 0 Å². The molecule has 0 heterocycles. The number of rotatable bonds is 4. The zero-order chi connectivity index (χ0) is 10.6. The maximum absolute atomic E-state index is 3.92. The second-order valence-corrected chi connectivity index (χ2v) is 3.91. The van der Waals surface area contributed by atoms with Gasteiger partial charge in [0, 0.05) is 0 Å². The van der Waals surface area contributed by atoms with Crippen LogP contribution < -0.4 is 0 Å². The smallest absolute Gasteiger partial charge is 0.0241 e. The Kier molecular flexibility index (Phi) is 3.70. The predicted octanol–water partition coefficient (Wildman–Crippen LogP) is 4.15. The molecule has 0 nitrogen and oxygen atoms in total. The van der Waals surface area contributed by atoms with Gasteiger partial charge in [0.1, 0.15) is 0 Å². The van der Waals surface area contributed by atoms with Crippen molar-refractivity contribution in [2.75, 3.05) is 0 Å². The van der Waals surface area contributed by atoms with E-state index in [0.29, 0.717) is 0 Å². The standard InChI is InChI=1S/C14H18/c1-5-13-8-12(4)9-14(10-13)7-6-11(2)3/h5,8-10H,1-2,6-7H2,3-4H3. The van der Waals surface area contributed by atoms with Gasteiger partial charge < -0.3 is 0 Å². The number of hydrogen-bond donors (Lipinski definition) is 0. The molecule has 1 aromatic carbocycles. The van der Waals surface area contributed by atoms with Gasteiger partial charge in [-0.05, 0) is 37.8 Å². The minimum absolute atomic E-state index is 1.07. The molecule has 0 amide bonds. The Morgan fingerprint density at radius 2 is 2.07 bits per heavy atom. The Labute approximate surface area is 87.0 Å². The molecular weight excluding hydrogens is 168 g/mol. The molecule has 0 fully saturated rings. The molecule has 0 aliphatic carbocycles. The highest BCUT2D eigenvalue weighted by Gasteiger charge is 1.96. The first-order valence-corrected chi connectivity index (χ1v) is 4.99. The van der Waals surface area contributed by atoms with Crippen LogP contribution in [0, 0.1) is 6.92 Å². The van der Waals surface area contributed by atoms with E-state index in [1.807, 2.05) is 6.08 Å². The fourth-order valence-electron chi connectivity index (χ4n) is 1.51. The van der Waals surface area contributed by atoms with E-state index in [9.17, 15) is 0 Å². The molecule has 0 saturated carbocycles. The molecule has 0 aliphatic rings. The number of aryl methyl sites for hydroxylation is 2. The van der Waals surface area contributed by atoms with Gasteiger partial charge in [-0.2, -0.15) is 0 Å². The largest absolute Gasteiger partial charge is 0.100 e. The van der Waals surface area contributed by atoms with E-state index >= 15 is 0 Å². The lowest BCUT2D eigenvalue weighted by atomic mass is 10.0. The zero-order valence-electron chi connectivity index (χ0n) is 9.14. The summed E-state index contributed by atoms with van der Waals surface area (Å²) in [5.41, 5.74) is 5.13. The van der Waals surface area contributed by atoms with Crippen LogP contribution in [0.25, 0.3) is 6.08 Å². The van der Waals surface area contributed by atoms with Crippen molar-refractivity contribution in [2.24, 2.45) is 0 Å². The summed E-state index contributed by atoms with van der Waals surface area (Å²) in [5.74, 6) is 0. The predicted molar refractivity (Wildman–Crippen MR) is 64.4 cm³/mol. The molecule has 0 N–H and O–H groups in total. The maximum Gasteiger partial charge on any atom is -0.0241 e. The quantitative estimate of drug-likeness (QED) is 0.620. The lowest BCUT2D eigenvalue weighted by molar-refractivity contribution is 0.943. The van der Waals surface area contributed by atoms with E-state index in [2.05, 4.69) is 45.2 Å². The molecule has 1 rings (SSSR count). The maximum atomic E-state index is 3.92. The average molecular weight is 186 g/mol. The molecule has 0 radical (unpaired) electrons. The molecule has 14 heavy (non-hydrogen) atoms. The Balaban J connectivity index is 2.81. The summed E-state index contributed by atoms with van der Waals surface area (Å²) in [5, 5.41) is 0. The minimum Gasteiger partial charge on any atom is -0.100 e. The van der Waals surface area contributed by atoms with Crippen molar-refractivity contribution in [3.05, 3.63) is 53.6 Å². The van der Waals surface area contributed by atoms with Gasteiger partial charge in [0.2, 0.25) is 0 Å². The van der Waals surface area contributed by atoms with Gasteiger partial charge in [-0.1, -0.05) is 42.0 Å². The highest BCUT2D eigenvalue weighted by Crippen LogP contribution is 2.14. The lowest BCUT2D eigenvalue weighted by Crippen LogP contribution is -1.88. The Morgan fingerprint density at radius 3 is 2.64 bits per heavy atom. The topological polar surface area (TPSA) is 0 Å². The fraction of sp³-hybridized carbons (Fsp3) is 0.286. The number of benzene rings is 1. The summed E-state index contributed by atoms with van der Waals surface area (Å²) in [7, 11) is 0. The minimum atomic E-state index is 1.07. The van der Waals surface area contributed by atoms with Crippen LogP contribution in [0.2, 0.25) is 0 Å². The summed E-state index contributed by atoms with van der Waals surface area (Å²) < 4.78 is 0. The molecule has 0 aromatic heterocycles. The van der Waals surface area contributed by atoms with Gasteiger partial charge in [-0.25, -0.2) is 0 Å². The summed E-state index contributed by atoms with van der Waals surface area (Å²) in [4.78, 5) is 0. The van der Waals surface area contributed by atoms with Gasteiger partial charge in [0.25, 0.3) is 0 Å². The first kappa shape index (κ1) is 10.8. The third kappa shape index (κ3) is 3.21. The molecular formula is C14H18. The monoisotopic (exact) mass is 186 g/mol. The Bertz CT molecular complexity index is 345. The van der Waals surface area contributed by atoms with E-state index in [4.69, 9.17) is 0 Å². The SMILES string of the molecule is C=Cc1cc(C)cc(CCC(=C)C)c1. The number of allylic oxidation sites excluding steroid dienone is 1. The van der Waals surface area contributed by atoms with Gasteiger partial charge in [-0.3, -0.25) is 0 Å². The van der Waals surface area contributed by atoms with Gasteiger partial charge in [-0.15, -0.1) is 6.58 Å². The van der Waals surface area contributed by atoms with Gasteiger partial charge >= 0.3 is 0 Å². The van der Waals surface area contributed by atoms with E-state index in [1.54, 1.807) is 0 Å². The van der Waals surface area contributed by atoms with Crippen molar-refractivity contribution < 1.29 is 0 Å². The molecule has 0 unspecified atom stereocenters. The molecule has 0 bridgehead atoms. The summed E-state index contributed by atoms with van der Waals surface area (Å²) in [6, 6.07) is 6.58. The van der Waals surface area contributed by atoms with Crippen LogP contribution in [0.5, 0.6) is 0 Å². The van der Waals surface area contributed by atoms with Crippen LogP contribution in [0.1, 0.15) is 30.0 Å². The average Bonchev–Trinajstić information content (AvgIpc) is 2.14. The lowest BCUT2D eigenvalue weighted by Gasteiger charge is -2.04. The van der Waals surface area contributed by atoms with E-state index < -0.39 is 0 Å². The second-order valence-electron chi connectivity index (χ2n) is 3.91. The number of hydrogen-bond acceptors (Lipinski definition) is 0. The molecule has 74 valence electrons. The van der Waals surface area contributed by atoms with E-state index in [1.165, 1.54) is 22.3 Å². The Morgan fingerprint density at radius 1 is 1.36 bits per heavy atom. The molecule has 1 aromatic rings.